The standard InChI is InChI=1S/C25H27FN4O/c1-17-4-8-21(9-5-17)25(31)30-14-12-29(13-15-30)24-23(18(2)27-19(3)28-24)16-20-6-10-22(26)11-7-20/h4-11H,12-16H2,1-3H3. The summed E-state index contributed by atoms with van der Waals surface area (Å²) in [5.41, 5.74) is 4.88. The second-order valence-electron chi connectivity index (χ2n) is 8.11. The van der Waals surface area contributed by atoms with Gasteiger partial charge in [0, 0.05) is 49.4 Å². The molecule has 160 valence electrons. The lowest BCUT2D eigenvalue weighted by atomic mass is 10.0. The van der Waals surface area contributed by atoms with Crippen molar-refractivity contribution in [1.82, 2.24) is 14.9 Å². The van der Waals surface area contributed by atoms with Crippen LogP contribution in [0.25, 0.3) is 0 Å². The van der Waals surface area contributed by atoms with E-state index in [9.17, 15) is 9.18 Å². The molecule has 2 aromatic carbocycles. The van der Waals surface area contributed by atoms with Crippen molar-refractivity contribution in [3.8, 4) is 0 Å². The Morgan fingerprint density at radius 1 is 0.903 bits per heavy atom. The van der Waals surface area contributed by atoms with Crippen LogP contribution in [0.5, 0.6) is 0 Å². The van der Waals surface area contributed by atoms with E-state index in [1.54, 1.807) is 12.1 Å². The molecule has 0 aliphatic carbocycles. The van der Waals surface area contributed by atoms with Gasteiger partial charge in [-0.25, -0.2) is 14.4 Å². The Balaban J connectivity index is 1.51. The Hall–Kier alpha value is -3.28. The molecule has 0 bridgehead atoms. The highest BCUT2D eigenvalue weighted by Gasteiger charge is 2.25. The van der Waals surface area contributed by atoms with E-state index in [2.05, 4.69) is 9.88 Å². The minimum Gasteiger partial charge on any atom is -0.353 e. The first-order valence-electron chi connectivity index (χ1n) is 10.6. The van der Waals surface area contributed by atoms with Gasteiger partial charge in [-0.05, 0) is 50.6 Å². The molecule has 1 fully saturated rings. The molecule has 0 spiro atoms. The number of aromatic nitrogens is 2. The monoisotopic (exact) mass is 418 g/mol. The minimum atomic E-state index is -0.241. The van der Waals surface area contributed by atoms with Crippen LogP contribution in [-0.2, 0) is 6.42 Å². The first kappa shape index (κ1) is 21.0. The molecule has 1 aromatic heterocycles. The van der Waals surface area contributed by atoms with E-state index >= 15 is 0 Å². The third-order valence-electron chi connectivity index (χ3n) is 5.76. The van der Waals surface area contributed by atoms with E-state index < -0.39 is 0 Å². The van der Waals surface area contributed by atoms with Gasteiger partial charge in [0.15, 0.2) is 0 Å². The highest BCUT2D eigenvalue weighted by Crippen LogP contribution is 2.25. The molecule has 1 amide bonds. The molecule has 31 heavy (non-hydrogen) atoms. The first-order valence-corrected chi connectivity index (χ1v) is 10.6. The van der Waals surface area contributed by atoms with E-state index in [0.29, 0.717) is 32.6 Å². The number of nitrogens with zero attached hydrogens (tertiary/aromatic N) is 4. The molecule has 1 saturated heterocycles. The number of aryl methyl sites for hydroxylation is 3. The summed E-state index contributed by atoms with van der Waals surface area (Å²) in [6, 6.07) is 14.3. The fourth-order valence-corrected chi connectivity index (χ4v) is 3.99. The molecule has 1 aliphatic heterocycles. The summed E-state index contributed by atoms with van der Waals surface area (Å²) in [7, 11) is 0. The number of halogens is 1. The maximum atomic E-state index is 13.3. The molecule has 0 unspecified atom stereocenters. The van der Waals surface area contributed by atoms with Gasteiger partial charge >= 0.3 is 0 Å². The molecule has 1 aliphatic rings. The lowest BCUT2D eigenvalue weighted by Crippen LogP contribution is -2.49. The zero-order valence-corrected chi connectivity index (χ0v) is 18.2. The van der Waals surface area contributed by atoms with Crippen LogP contribution in [-0.4, -0.2) is 47.0 Å². The number of amides is 1. The van der Waals surface area contributed by atoms with Gasteiger partial charge in [0.05, 0.1) is 0 Å². The average Bonchev–Trinajstić information content (AvgIpc) is 2.77. The zero-order chi connectivity index (χ0) is 22.0. The number of hydrogen-bond acceptors (Lipinski definition) is 4. The molecule has 3 aromatic rings. The Morgan fingerprint density at radius 2 is 1.55 bits per heavy atom. The Kier molecular flexibility index (Phi) is 5.98. The Bertz CT molecular complexity index is 1070. The topological polar surface area (TPSA) is 49.3 Å². The Labute approximate surface area is 182 Å². The number of carbonyl (C=O) groups excluding carboxylic acids is 1. The zero-order valence-electron chi connectivity index (χ0n) is 18.2. The van der Waals surface area contributed by atoms with Gasteiger partial charge < -0.3 is 9.80 Å². The second kappa shape index (κ2) is 8.84. The summed E-state index contributed by atoms with van der Waals surface area (Å²) in [4.78, 5) is 26.3. The maximum Gasteiger partial charge on any atom is 0.253 e. The molecule has 0 N–H and O–H groups in total. The number of piperazine rings is 1. The predicted molar refractivity (Wildman–Crippen MR) is 120 cm³/mol. The summed E-state index contributed by atoms with van der Waals surface area (Å²) in [5, 5.41) is 0. The molecule has 6 heteroatoms. The number of anilines is 1. The van der Waals surface area contributed by atoms with Crippen molar-refractivity contribution in [3.63, 3.8) is 0 Å². The molecule has 2 heterocycles. The summed E-state index contributed by atoms with van der Waals surface area (Å²) < 4.78 is 13.3. The lowest BCUT2D eigenvalue weighted by molar-refractivity contribution is 0.0746. The van der Waals surface area contributed by atoms with Gasteiger partial charge in [-0.3, -0.25) is 4.79 Å². The predicted octanol–water partition coefficient (Wildman–Crippen LogP) is 4.09. The van der Waals surface area contributed by atoms with E-state index in [1.165, 1.54) is 12.1 Å². The largest absolute Gasteiger partial charge is 0.353 e. The van der Waals surface area contributed by atoms with E-state index in [1.807, 2.05) is 49.9 Å². The number of benzene rings is 2. The number of carbonyl (C=O) groups is 1. The average molecular weight is 419 g/mol. The summed E-state index contributed by atoms with van der Waals surface area (Å²) in [6.45, 7) is 8.62. The van der Waals surface area contributed by atoms with Crippen LogP contribution in [0.15, 0.2) is 48.5 Å². The number of hydrogen-bond donors (Lipinski definition) is 0. The first-order chi connectivity index (χ1) is 14.9. The summed E-state index contributed by atoms with van der Waals surface area (Å²) >= 11 is 0. The molecular weight excluding hydrogens is 391 g/mol. The number of rotatable bonds is 4. The summed E-state index contributed by atoms with van der Waals surface area (Å²) in [6.07, 6.45) is 0.643. The van der Waals surface area contributed by atoms with Crippen molar-refractivity contribution >= 4 is 11.7 Å². The van der Waals surface area contributed by atoms with Crippen LogP contribution in [0.2, 0.25) is 0 Å². The molecule has 0 radical (unpaired) electrons. The molecular formula is C25H27FN4O. The fourth-order valence-electron chi connectivity index (χ4n) is 3.99. The SMILES string of the molecule is Cc1ccc(C(=O)N2CCN(c3nc(C)nc(C)c3Cc3ccc(F)cc3)CC2)cc1. The third kappa shape index (κ3) is 4.74. The van der Waals surface area contributed by atoms with Crippen molar-refractivity contribution in [2.24, 2.45) is 0 Å². The maximum absolute atomic E-state index is 13.3. The smallest absolute Gasteiger partial charge is 0.253 e. The van der Waals surface area contributed by atoms with Gasteiger partial charge in [-0.1, -0.05) is 29.8 Å². The van der Waals surface area contributed by atoms with Gasteiger partial charge in [0.2, 0.25) is 0 Å². The van der Waals surface area contributed by atoms with Crippen LogP contribution in [0.4, 0.5) is 10.2 Å². The van der Waals surface area contributed by atoms with Crippen molar-refractivity contribution in [1.29, 1.82) is 0 Å². The van der Waals surface area contributed by atoms with Gasteiger partial charge in [0.25, 0.3) is 5.91 Å². The van der Waals surface area contributed by atoms with Crippen LogP contribution in [0.3, 0.4) is 0 Å². The van der Waals surface area contributed by atoms with Crippen molar-refractivity contribution in [2.75, 3.05) is 31.1 Å². The minimum absolute atomic E-state index is 0.0706. The van der Waals surface area contributed by atoms with Crippen LogP contribution in [0.1, 0.15) is 38.6 Å². The molecule has 4 rings (SSSR count). The molecule has 5 nitrogen and oxygen atoms in total. The quantitative estimate of drug-likeness (QED) is 0.640. The van der Waals surface area contributed by atoms with Gasteiger partial charge in [-0.2, -0.15) is 0 Å². The van der Waals surface area contributed by atoms with Crippen LogP contribution < -0.4 is 4.90 Å². The van der Waals surface area contributed by atoms with E-state index in [-0.39, 0.29) is 11.7 Å². The second-order valence-corrected chi connectivity index (χ2v) is 8.11. The van der Waals surface area contributed by atoms with Crippen molar-refractivity contribution in [3.05, 3.63) is 88.1 Å². The fraction of sp³-hybridized carbons (Fsp3) is 0.320. The van der Waals surface area contributed by atoms with Crippen LogP contribution in [0, 0.1) is 26.6 Å². The summed E-state index contributed by atoms with van der Waals surface area (Å²) in [5.74, 6) is 1.47. The third-order valence-corrected chi connectivity index (χ3v) is 5.76. The molecule has 0 saturated carbocycles. The highest BCUT2D eigenvalue weighted by molar-refractivity contribution is 5.94. The molecule has 0 atom stereocenters. The van der Waals surface area contributed by atoms with Crippen molar-refractivity contribution in [2.45, 2.75) is 27.2 Å². The highest BCUT2D eigenvalue weighted by atomic mass is 19.1. The van der Waals surface area contributed by atoms with E-state index in [4.69, 9.17) is 4.98 Å². The van der Waals surface area contributed by atoms with Crippen molar-refractivity contribution < 1.29 is 9.18 Å². The Morgan fingerprint density at radius 3 is 2.19 bits per heavy atom. The van der Waals surface area contributed by atoms with Gasteiger partial charge in [-0.15, -0.1) is 0 Å². The lowest BCUT2D eigenvalue weighted by Gasteiger charge is -2.36. The van der Waals surface area contributed by atoms with E-state index in [0.717, 1.165) is 39.6 Å². The normalized spacial score (nSPS) is 14.1. The van der Waals surface area contributed by atoms with Gasteiger partial charge in [0.1, 0.15) is 17.5 Å². The van der Waals surface area contributed by atoms with Crippen LogP contribution >= 0.6 is 0 Å².